The lowest BCUT2D eigenvalue weighted by Crippen LogP contribution is -2.54. The molecule has 10 heteroatoms. The van der Waals surface area contributed by atoms with Gasteiger partial charge < -0.3 is 25.3 Å². The van der Waals surface area contributed by atoms with Crippen LogP contribution in [0.4, 0.5) is 0 Å². The Bertz CT molecular complexity index is 1040. The number of nitrogens with one attached hydrogen (secondary N) is 2. The Morgan fingerprint density at radius 1 is 1.00 bits per heavy atom. The SMILES string of the molecule is CC(=O)N1CCC(C(=O)N2CC[C@H]3NC(=O)[C@H]4C[C@H](NC(=O)c5ccccc5)CN4C(=O)[C@H]32)CC1. The summed E-state index contributed by atoms with van der Waals surface area (Å²) in [5.74, 6) is -1.01. The molecule has 0 unspecified atom stereocenters. The molecular weight excluding hydrogens is 450 g/mol. The highest BCUT2D eigenvalue weighted by Gasteiger charge is 2.53. The van der Waals surface area contributed by atoms with E-state index in [0.29, 0.717) is 50.9 Å². The van der Waals surface area contributed by atoms with E-state index in [1.54, 1.807) is 39.0 Å². The first-order valence-electron chi connectivity index (χ1n) is 12.4. The van der Waals surface area contributed by atoms with Crippen LogP contribution in [0.15, 0.2) is 30.3 Å². The van der Waals surface area contributed by atoms with Gasteiger partial charge in [0.1, 0.15) is 12.1 Å². The average Bonchev–Trinajstić information content (AvgIpc) is 3.46. The number of carbonyl (C=O) groups is 5. The van der Waals surface area contributed by atoms with Crippen molar-refractivity contribution >= 4 is 29.5 Å². The first-order valence-corrected chi connectivity index (χ1v) is 12.4. The lowest BCUT2D eigenvalue weighted by atomic mass is 9.94. The molecule has 0 spiro atoms. The van der Waals surface area contributed by atoms with Gasteiger partial charge in [0, 0.05) is 50.6 Å². The molecular formula is C25H31N5O5. The molecule has 0 aromatic heterocycles. The van der Waals surface area contributed by atoms with E-state index in [2.05, 4.69) is 10.6 Å². The molecule has 10 nitrogen and oxygen atoms in total. The lowest BCUT2D eigenvalue weighted by molar-refractivity contribution is -0.148. The van der Waals surface area contributed by atoms with Gasteiger partial charge in [0.15, 0.2) is 0 Å². The largest absolute Gasteiger partial charge is 0.349 e. The number of hydrogen-bond acceptors (Lipinski definition) is 5. The van der Waals surface area contributed by atoms with Crippen molar-refractivity contribution in [2.24, 2.45) is 5.92 Å². The Hall–Kier alpha value is -3.43. The number of nitrogens with zero attached hydrogens (tertiary/aromatic N) is 3. The molecule has 1 aromatic carbocycles. The number of carbonyl (C=O) groups excluding carboxylic acids is 5. The van der Waals surface area contributed by atoms with Crippen molar-refractivity contribution in [2.45, 2.75) is 56.8 Å². The zero-order chi connectivity index (χ0) is 24.7. The van der Waals surface area contributed by atoms with Crippen LogP contribution in [0.3, 0.4) is 0 Å². The fourth-order valence-corrected chi connectivity index (χ4v) is 5.91. The van der Waals surface area contributed by atoms with Crippen LogP contribution < -0.4 is 10.6 Å². The van der Waals surface area contributed by atoms with Crippen molar-refractivity contribution < 1.29 is 24.0 Å². The monoisotopic (exact) mass is 481 g/mol. The van der Waals surface area contributed by atoms with Crippen LogP contribution in [-0.4, -0.2) is 94.6 Å². The lowest BCUT2D eigenvalue weighted by Gasteiger charge is -2.35. The zero-order valence-electron chi connectivity index (χ0n) is 19.8. The van der Waals surface area contributed by atoms with Crippen LogP contribution in [-0.2, 0) is 19.2 Å². The Morgan fingerprint density at radius 2 is 1.71 bits per heavy atom. The molecule has 4 saturated heterocycles. The smallest absolute Gasteiger partial charge is 0.251 e. The predicted octanol–water partition coefficient (Wildman–Crippen LogP) is -0.256. The first kappa shape index (κ1) is 23.3. The van der Waals surface area contributed by atoms with Crippen molar-refractivity contribution in [3.05, 3.63) is 35.9 Å². The van der Waals surface area contributed by atoms with E-state index in [9.17, 15) is 24.0 Å². The Kier molecular flexibility index (Phi) is 6.21. The van der Waals surface area contributed by atoms with E-state index in [0.717, 1.165) is 0 Å². The number of benzene rings is 1. The molecule has 4 heterocycles. The molecule has 5 rings (SSSR count). The van der Waals surface area contributed by atoms with Gasteiger partial charge in [-0.05, 0) is 37.8 Å². The summed E-state index contributed by atoms with van der Waals surface area (Å²) in [4.78, 5) is 69.2. The molecule has 4 aliphatic rings. The summed E-state index contributed by atoms with van der Waals surface area (Å²) in [6.45, 7) is 3.25. The average molecular weight is 482 g/mol. The maximum atomic E-state index is 13.7. The van der Waals surface area contributed by atoms with Gasteiger partial charge in [-0.1, -0.05) is 18.2 Å². The third kappa shape index (κ3) is 4.37. The number of likely N-dealkylation sites (tertiary alicyclic amines) is 2. The van der Waals surface area contributed by atoms with Gasteiger partial charge in [0.05, 0.1) is 6.04 Å². The molecule has 5 amide bonds. The van der Waals surface area contributed by atoms with Crippen LogP contribution in [0.5, 0.6) is 0 Å². The molecule has 0 aliphatic carbocycles. The minimum atomic E-state index is -0.731. The summed E-state index contributed by atoms with van der Waals surface area (Å²) in [6.07, 6.45) is 2.03. The standard InChI is InChI=1S/C25H31N5O5/c1-15(31)28-10-7-17(8-11-28)24(34)29-12-9-19-21(29)25(35)30-14-18(13-20(30)23(33)27-19)26-22(32)16-5-3-2-4-6-16/h2-6,17-21H,7-14H2,1H3,(H,26,32)(H,27,33)/t18-,19+,20+,21-/m0/s1. The summed E-state index contributed by atoms with van der Waals surface area (Å²) >= 11 is 0. The number of hydrogen-bond donors (Lipinski definition) is 2. The third-order valence-corrected chi connectivity index (χ3v) is 7.81. The summed E-state index contributed by atoms with van der Waals surface area (Å²) < 4.78 is 0. The molecule has 0 radical (unpaired) electrons. The van der Waals surface area contributed by atoms with Gasteiger partial charge in [0.25, 0.3) is 5.91 Å². The van der Waals surface area contributed by atoms with E-state index >= 15 is 0 Å². The number of rotatable bonds is 3. The van der Waals surface area contributed by atoms with Crippen molar-refractivity contribution in [2.75, 3.05) is 26.2 Å². The molecule has 0 saturated carbocycles. The number of fused-ring (bicyclic) bond motifs is 2. The molecule has 4 aliphatic heterocycles. The van der Waals surface area contributed by atoms with Gasteiger partial charge in [-0.25, -0.2) is 0 Å². The fraction of sp³-hybridized carbons (Fsp3) is 0.560. The molecule has 1 aromatic rings. The molecule has 0 bridgehead atoms. The Morgan fingerprint density at radius 3 is 2.40 bits per heavy atom. The van der Waals surface area contributed by atoms with E-state index in [1.165, 1.54) is 6.92 Å². The van der Waals surface area contributed by atoms with E-state index in [1.807, 2.05) is 6.07 Å². The molecule has 2 N–H and O–H groups in total. The molecule has 186 valence electrons. The second kappa shape index (κ2) is 9.31. The van der Waals surface area contributed by atoms with Crippen LogP contribution >= 0.6 is 0 Å². The summed E-state index contributed by atoms with van der Waals surface area (Å²) in [7, 11) is 0. The van der Waals surface area contributed by atoms with E-state index < -0.39 is 18.1 Å². The summed E-state index contributed by atoms with van der Waals surface area (Å²) in [6, 6.07) is 6.68. The van der Waals surface area contributed by atoms with Gasteiger partial charge in [0.2, 0.25) is 23.6 Å². The fourth-order valence-electron chi connectivity index (χ4n) is 5.91. The third-order valence-electron chi connectivity index (χ3n) is 7.81. The normalized spacial score (nSPS) is 28.8. The molecule has 35 heavy (non-hydrogen) atoms. The Balaban J connectivity index is 1.28. The maximum absolute atomic E-state index is 13.7. The Labute approximate surface area is 204 Å². The minimum Gasteiger partial charge on any atom is -0.349 e. The van der Waals surface area contributed by atoms with Crippen molar-refractivity contribution in [1.29, 1.82) is 0 Å². The topological polar surface area (TPSA) is 119 Å². The maximum Gasteiger partial charge on any atom is 0.251 e. The van der Waals surface area contributed by atoms with Crippen molar-refractivity contribution in [3.8, 4) is 0 Å². The highest BCUT2D eigenvalue weighted by Crippen LogP contribution is 2.31. The second-order valence-electron chi connectivity index (χ2n) is 9.94. The molecule has 4 atom stereocenters. The van der Waals surface area contributed by atoms with Crippen molar-refractivity contribution in [3.63, 3.8) is 0 Å². The first-order chi connectivity index (χ1) is 16.8. The van der Waals surface area contributed by atoms with Crippen LogP contribution in [0.2, 0.25) is 0 Å². The predicted molar refractivity (Wildman–Crippen MR) is 125 cm³/mol. The highest BCUT2D eigenvalue weighted by atomic mass is 16.2. The second-order valence-corrected chi connectivity index (χ2v) is 9.94. The zero-order valence-corrected chi connectivity index (χ0v) is 19.8. The van der Waals surface area contributed by atoms with Gasteiger partial charge >= 0.3 is 0 Å². The van der Waals surface area contributed by atoms with Gasteiger partial charge in [-0.3, -0.25) is 24.0 Å². The van der Waals surface area contributed by atoms with Gasteiger partial charge in [-0.15, -0.1) is 0 Å². The number of piperidine rings is 1. The van der Waals surface area contributed by atoms with Crippen LogP contribution in [0, 0.1) is 5.92 Å². The summed E-state index contributed by atoms with van der Waals surface area (Å²) in [5, 5.41) is 5.94. The highest BCUT2D eigenvalue weighted by molar-refractivity contribution is 5.98. The summed E-state index contributed by atoms with van der Waals surface area (Å²) in [5.41, 5.74) is 0.522. The van der Waals surface area contributed by atoms with Gasteiger partial charge in [-0.2, -0.15) is 0 Å². The van der Waals surface area contributed by atoms with Crippen LogP contribution in [0.25, 0.3) is 0 Å². The van der Waals surface area contributed by atoms with Crippen LogP contribution in [0.1, 0.15) is 43.0 Å². The van der Waals surface area contributed by atoms with E-state index in [4.69, 9.17) is 0 Å². The number of amides is 5. The quantitative estimate of drug-likeness (QED) is 0.617. The minimum absolute atomic E-state index is 0.00720. The molecule has 4 fully saturated rings. The van der Waals surface area contributed by atoms with Crippen molar-refractivity contribution in [1.82, 2.24) is 25.3 Å². The van der Waals surface area contributed by atoms with E-state index in [-0.39, 0.29) is 48.0 Å².